The average Bonchev–Trinajstić information content (AvgIpc) is 2.84. The van der Waals surface area contributed by atoms with E-state index >= 15 is 0 Å². The summed E-state index contributed by atoms with van der Waals surface area (Å²) >= 11 is 0. The first-order valence-corrected chi connectivity index (χ1v) is 10.2. The quantitative estimate of drug-likeness (QED) is 0.183. The van der Waals surface area contributed by atoms with E-state index in [1.165, 1.54) is 26.5 Å². The Balaban J connectivity index is 1.65. The second kappa shape index (κ2) is 11.3. The SMILES string of the molecule is COc1ccc(OC)c(NC(=O)C(=O)N/N=C/c2ccccc2OC(=O)c2cccc(C)c2)c1. The van der Waals surface area contributed by atoms with Gasteiger partial charge in [-0.15, -0.1) is 0 Å². The van der Waals surface area contributed by atoms with E-state index < -0.39 is 17.8 Å². The number of methoxy groups -OCH3 is 2. The first kappa shape index (κ1) is 24.0. The van der Waals surface area contributed by atoms with Gasteiger partial charge in [0.2, 0.25) is 0 Å². The van der Waals surface area contributed by atoms with E-state index in [-0.39, 0.29) is 11.4 Å². The summed E-state index contributed by atoms with van der Waals surface area (Å²) in [6, 6.07) is 18.4. The largest absolute Gasteiger partial charge is 0.497 e. The fourth-order valence-electron chi connectivity index (χ4n) is 2.91. The second-order valence-electron chi connectivity index (χ2n) is 7.02. The van der Waals surface area contributed by atoms with E-state index in [2.05, 4.69) is 15.8 Å². The summed E-state index contributed by atoms with van der Waals surface area (Å²) in [5.41, 5.74) is 4.17. The number of amides is 2. The zero-order valence-electron chi connectivity index (χ0n) is 18.8. The van der Waals surface area contributed by atoms with Gasteiger partial charge in [0, 0.05) is 11.6 Å². The van der Waals surface area contributed by atoms with Gasteiger partial charge >= 0.3 is 17.8 Å². The van der Waals surface area contributed by atoms with Gasteiger partial charge in [0.25, 0.3) is 0 Å². The van der Waals surface area contributed by atoms with Gasteiger partial charge in [0.05, 0.1) is 31.7 Å². The number of esters is 1. The molecule has 0 aliphatic carbocycles. The number of rotatable bonds is 7. The summed E-state index contributed by atoms with van der Waals surface area (Å²) in [6.07, 6.45) is 1.27. The zero-order chi connectivity index (χ0) is 24.5. The van der Waals surface area contributed by atoms with Gasteiger partial charge in [-0.05, 0) is 43.3 Å². The Morgan fingerprint density at radius 2 is 1.65 bits per heavy atom. The molecule has 0 aliphatic heterocycles. The number of aryl methyl sites for hydroxylation is 1. The summed E-state index contributed by atoms with van der Waals surface area (Å²) in [5, 5.41) is 6.25. The van der Waals surface area contributed by atoms with Crippen LogP contribution < -0.4 is 25.0 Å². The molecule has 0 fully saturated rings. The molecule has 2 N–H and O–H groups in total. The molecule has 3 aromatic carbocycles. The number of anilines is 1. The summed E-state index contributed by atoms with van der Waals surface area (Å²) < 4.78 is 15.8. The maximum atomic E-state index is 12.5. The lowest BCUT2D eigenvalue weighted by Crippen LogP contribution is -2.32. The molecule has 0 unspecified atom stereocenters. The minimum Gasteiger partial charge on any atom is -0.497 e. The molecule has 174 valence electrons. The van der Waals surface area contributed by atoms with Crippen LogP contribution in [0.25, 0.3) is 0 Å². The standard InChI is InChI=1S/C25H23N3O6/c1-16-7-6-9-17(13-16)25(31)34-21-10-5-4-8-18(21)15-26-28-24(30)23(29)27-20-14-19(32-2)11-12-22(20)33-3/h4-15H,1-3H3,(H,27,29)(H,28,30)/b26-15+. The first-order valence-electron chi connectivity index (χ1n) is 10.2. The third-order valence-electron chi connectivity index (χ3n) is 4.61. The fraction of sp³-hybridized carbons (Fsp3) is 0.120. The molecule has 0 atom stereocenters. The molecule has 9 nitrogen and oxygen atoms in total. The van der Waals surface area contributed by atoms with Crippen LogP contribution in [0.3, 0.4) is 0 Å². The molecule has 34 heavy (non-hydrogen) atoms. The average molecular weight is 461 g/mol. The maximum Gasteiger partial charge on any atom is 0.343 e. The molecule has 2 amide bonds. The van der Waals surface area contributed by atoms with Gasteiger partial charge in [0.15, 0.2) is 0 Å². The Bertz CT molecular complexity index is 1240. The van der Waals surface area contributed by atoms with Crippen molar-refractivity contribution in [1.82, 2.24) is 5.43 Å². The van der Waals surface area contributed by atoms with E-state index in [0.29, 0.717) is 22.6 Å². The summed E-state index contributed by atoms with van der Waals surface area (Å²) in [6.45, 7) is 1.88. The van der Waals surface area contributed by atoms with Gasteiger partial charge in [-0.1, -0.05) is 29.8 Å². The Morgan fingerprint density at radius 1 is 0.853 bits per heavy atom. The van der Waals surface area contributed by atoms with E-state index in [9.17, 15) is 14.4 Å². The summed E-state index contributed by atoms with van der Waals surface area (Å²) in [7, 11) is 2.91. The van der Waals surface area contributed by atoms with E-state index in [1.807, 2.05) is 13.0 Å². The highest BCUT2D eigenvalue weighted by Crippen LogP contribution is 2.28. The lowest BCUT2D eigenvalue weighted by atomic mass is 10.1. The molecule has 0 aliphatic rings. The smallest absolute Gasteiger partial charge is 0.343 e. The van der Waals surface area contributed by atoms with Crippen molar-refractivity contribution in [2.45, 2.75) is 6.92 Å². The van der Waals surface area contributed by atoms with Crippen LogP contribution in [-0.4, -0.2) is 38.2 Å². The number of hydrogen-bond acceptors (Lipinski definition) is 7. The number of carbonyl (C=O) groups is 3. The summed E-state index contributed by atoms with van der Waals surface area (Å²) in [4.78, 5) is 36.9. The van der Waals surface area contributed by atoms with Crippen molar-refractivity contribution < 1.29 is 28.6 Å². The van der Waals surface area contributed by atoms with Gasteiger partial charge in [-0.2, -0.15) is 5.10 Å². The Kier molecular flexibility index (Phi) is 7.96. The van der Waals surface area contributed by atoms with Crippen molar-refractivity contribution in [3.05, 3.63) is 83.4 Å². The topological polar surface area (TPSA) is 115 Å². The molecule has 0 aromatic heterocycles. The van der Waals surface area contributed by atoms with Crippen molar-refractivity contribution in [3.63, 3.8) is 0 Å². The van der Waals surface area contributed by atoms with Gasteiger partial charge in [-0.3, -0.25) is 9.59 Å². The lowest BCUT2D eigenvalue weighted by Gasteiger charge is -2.11. The van der Waals surface area contributed by atoms with Crippen molar-refractivity contribution in [1.29, 1.82) is 0 Å². The predicted molar refractivity (Wildman–Crippen MR) is 126 cm³/mol. The lowest BCUT2D eigenvalue weighted by molar-refractivity contribution is -0.136. The van der Waals surface area contributed by atoms with Crippen molar-refractivity contribution in [3.8, 4) is 17.2 Å². The minimum atomic E-state index is -1.00. The minimum absolute atomic E-state index is 0.248. The third-order valence-corrected chi connectivity index (χ3v) is 4.61. The Morgan fingerprint density at radius 3 is 2.38 bits per heavy atom. The van der Waals surface area contributed by atoms with E-state index in [1.54, 1.807) is 54.6 Å². The number of ether oxygens (including phenoxy) is 3. The van der Waals surface area contributed by atoms with Gasteiger partial charge in [-0.25, -0.2) is 10.2 Å². The zero-order valence-corrected chi connectivity index (χ0v) is 18.8. The van der Waals surface area contributed by atoms with Crippen LogP contribution in [0, 0.1) is 6.92 Å². The van der Waals surface area contributed by atoms with E-state index in [4.69, 9.17) is 14.2 Å². The highest BCUT2D eigenvalue weighted by atomic mass is 16.5. The molecule has 0 saturated carbocycles. The van der Waals surface area contributed by atoms with Crippen molar-refractivity contribution in [2.24, 2.45) is 5.10 Å². The van der Waals surface area contributed by atoms with Crippen LogP contribution in [0.5, 0.6) is 17.2 Å². The number of nitrogens with one attached hydrogen (secondary N) is 2. The van der Waals surface area contributed by atoms with Crippen LogP contribution in [0.2, 0.25) is 0 Å². The molecular weight excluding hydrogens is 438 g/mol. The highest BCUT2D eigenvalue weighted by Gasteiger charge is 2.16. The molecule has 0 saturated heterocycles. The molecule has 0 radical (unpaired) electrons. The molecular formula is C25H23N3O6. The molecule has 0 heterocycles. The van der Waals surface area contributed by atoms with Gasteiger partial charge < -0.3 is 19.5 Å². The monoisotopic (exact) mass is 461 g/mol. The number of carbonyl (C=O) groups excluding carboxylic acids is 3. The third kappa shape index (κ3) is 6.19. The number of nitrogens with zero attached hydrogens (tertiary/aromatic N) is 1. The number of para-hydroxylation sites is 1. The maximum absolute atomic E-state index is 12.5. The van der Waals surface area contributed by atoms with Crippen LogP contribution in [0.15, 0.2) is 71.8 Å². The predicted octanol–water partition coefficient (Wildman–Crippen LogP) is 3.32. The summed E-state index contributed by atoms with van der Waals surface area (Å²) in [5.74, 6) is -1.41. The number of hydrazone groups is 1. The van der Waals surface area contributed by atoms with Crippen LogP contribution in [0.1, 0.15) is 21.5 Å². The van der Waals surface area contributed by atoms with Crippen molar-refractivity contribution >= 4 is 29.7 Å². The van der Waals surface area contributed by atoms with E-state index in [0.717, 1.165) is 5.56 Å². The van der Waals surface area contributed by atoms with Crippen LogP contribution >= 0.6 is 0 Å². The van der Waals surface area contributed by atoms with Crippen LogP contribution in [0.4, 0.5) is 5.69 Å². The second-order valence-corrected chi connectivity index (χ2v) is 7.02. The Labute approximate surface area is 196 Å². The fourth-order valence-corrected chi connectivity index (χ4v) is 2.91. The van der Waals surface area contributed by atoms with Crippen molar-refractivity contribution in [2.75, 3.05) is 19.5 Å². The molecule has 3 aromatic rings. The van der Waals surface area contributed by atoms with Gasteiger partial charge in [0.1, 0.15) is 17.2 Å². The molecule has 0 spiro atoms. The first-order chi connectivity index (χ1) is 16.4. The normalized spacial score (nSPS) is 10.4. The molecule has 3 rings (SSSR count). The highest BCUT2D eigenvalue weighted by molar-refractivity contribution is 6.39. The molecule has 9 heteroatoms. The number of hydrogen-bond donors (Lipinski definition) is 2. The van der Waals surface area contributed by atoms with Crippen LogP contribution in [-0.2, 0) is 9.59 Å². The molecule has 0 bridgehead atoms. The Hall–Kier alpha value is -4.66. The number of benzene rings is 3.